The van der Waals surface area contributed by atoms with Gasteiger partial charge in [-0.1, -0.05) is 13.8 Å². The Morgan fingerprint density at radius 2 is 2.03 bits per heavy atom. The molecule has 9 heteroatoms. The van der Waals surface area contributed by atoms with Crippen molar-refractivity contribution in [2.45, 2.75) is 52.6 Å². The van der Waals surface area contributed by atoms with E-state index >= 15 is 0 Å². The quantitative estimate of drug-likeness (QED) is 0.269. The topological polar surface area (TPSA) is 69.2 Å². The molecule has 2 aliphatic rings. The number of halogens is 1. The van der Waals surface area contributed by atoms with Crippen LogP contribution in [0.5, 0.6) is 0 Å². The van der Waals surface area contributed by atoms with E-state index in [9.17, 15) is 4.79 Å². The predicted octanol–water partition coefficient (Wildman–Crippen LogP) is 2.94. The summed E-state index contributed by atoms with van der Waals surface area (Å²) < 4.78 is 5.52. The number of hydrogen-bond acceptors (Lipinski definition) is 5. The molecule has 0 aromatic carbocycles. The van der Waals surface area contributed by atoms with E-state index in [0.29, 0.717) is 24.9 Å². The maximum atomic E-state index is 12.7. The van der Waals surface area contributed by atoms with Gasteiger partial charge in [0.2, 0.25) is 5.91 Å². The van der Waals surface area contributed by atoms with E-state index in [-0.39, 0.29) is 29.9 Å². The molecule has 7 nitrogen and oxygen atoms in total. The number of thiophene rings is 1. The van der Waals surface area contributed by atoms with Crippen molar-refractivity contribution in [2.75, 3.05) is 52.5 Å². The lowest BCUT2D eigenvalue weighted by Gasteiger charge is -2.34. The molecule has 3 rings (SSSR count). The van der Waals surface area contributed by atoms with Crippen LogP contribution < -0.4 is 10.6 Å². The van der Waals surface area contributed by atoms with Gasteiger partial charge in [-0.2, -0.15) is 0 Å². The fourth-order valence-corrected chi connectivity index (χ4v) is 5.16. The summed E-state index contributed by atoms with van der Waals surface area (Å²) >= 11 is 1.80. The standard InChI is InChI=1S/C23H39N5O2S.HI/c1-4-24-23(26-16-20(15-18(2)3)27-10-12-30-13-11-27)25-8-5-22(29)28-9-6-21-19(17-28)7-14-31-21;/h7,14,18,20H,4-6,8-13,15-17H2,1-3H3,(H2,24,25,26);1H. The van der Waals surface area contributed by atoms with Gasteiger partial charge in [-0.3, -0.25) is 14.7 Å². The number of guanidine groups is 1. The first-order valence-corrected chi connectivity index (χ1v) is 12.6. The van der Waals surface area contributed by atoms with Crippen LogP contribution in [0, 0.1) is 5.92 Å². The van der Waals surface area contributed by atoms with Gasteiger partial charge in [0.05, 0.1) is 19.8 Å². The molecule has 1 saturated heterocycles. The summed E-state index contributed by atoms with van der Waals surface area (Å²) in [5, 5.41) is 8.82. The van der Waals surface area contributed by atoms with Crippen molar-refractivity contribution in [1.29, 1.82) is 0 Å². The normalized spacial score (nSPS) is 18.1. The van der Waals surface area contributed by atoms with Gasteiger partial charge in [-0.15, -0.1) is 35.3 Å². The molecule has 2 aliphatic heterocycles. The molecule has 0 bridgehead atoms. The van der Waals surface area contributed by atoms with Gasteiger partial charge in [-0.25, -0.2) is 0 Å². The third-order valence-electron chi connectivity index (χ3n) is 5.90. The summed E-state index contributed by atoms with van der Waals surface area (Å²) in [6, 6.07) is 2.57. The highest BCUT2D eigenvalue weighted by molar-refractivity contribution is 14.0. The van der Waals surface area contributed by atoms with Gasteiger partial charge in [-0.05, 0) is 42.7 Å². The number of carbonyl (C=O) groups is 1. The highest BCUT2D eigenvalue weighted by Gasteiger charge is 2.23. The minimum Gasteiger partial charge on any atom is -0.379 e. The van der Waals surface area contributed by atoms with Crippen molar-refractivity contribution in [3.8, 4) is 0 Å². The highest BCUT2D eigenvalue weighted by Crippen LogP contribution is 2.24. The minimum absolute atomic E-state index is 0. The number of hydrogen-bond donors (Lipinski definition) is 2. The molecule has 32 heavy (non-hydrogen) atoms. The van der Waals surface area contributed by atoms with Crippen LogP contribution in [0.3, 0.4) is 0 Å². The van der Waals surface area contributed by atoms with Crippen LogP contribution in [0.4, 0.5) is 0 Å². The van der Waals surface area contributed by atoms with Gasteiger partial charge in [0.1, 0.15) is 0 Å². The third kappa shape index (κ3) is 8.46. The van der Waals surface area contributed by atoms with Crippen LogP contribution in [0.1, 0.15) is 44.1 Å². The van der Waals surface area contributed by atoms with Gasteiger partial charge in [0.15, 0.2) is 5.96 Å². The van der Waals surface area contributed by atoms with E-state index < -0.39 is 0 Å². The fraction of sp³-hybridized carbons (Fsp3) is 0.739. The summed E-state index contributed by atoms with van der Waals surface area (Å²) in [7, 11) is 0. The SMILES string of the molecule is CCNC(=NCC(CC(C)C)N1CCOCC1)NCCC(=O)N1CCc2sccc2C1.I. The summed E-state index contributed by atoms with van der Waals surface area (Å²) in [6.07, 6.45) is 2.60. The number of fused-ring (bicyclic) bond motifs is 1. The molecular formula is C23H40IN5O2S. The van der Waals surface area contributed by atoms with Crippen molar-refractivity contribution in [3.05, 3.63) is 21.9 Å². The molecule has 1 amide bonds. The average molecular weight is 578 g/mol. The van der Waals surface area contributed by atoms with Gasteiger partial charge >= 0.3 is 0 Å². The molecule has 1 atom stereocenters. The van der Waals surface area contributed by atoms with Crippen molar-refractivity contribution in [2.24, 2.45) is 10.9 Å². The maximum Gasteiger partial charge on any atom is 0.224 e. The molecular weight excluding hydrogens is 537 g/mol. The molecule has 1 fully saturated rings. The Kier molecular flexibility index (Phi) is 12.3. The van der Waals surface area contributed by atoms with E-state index in [4.69, 9.17) is 9.73 Å². The average Bonchev–Trinajstić information content (AvgIpc) is 3.24. The zero-order valence-corrected chi connectivity index (χ0v) is 22.9. The second-order valence-electron chi connectivity index (χ2n) is 8.76. The Hall–Kier alpha value is -0.910. The maximum absolute atomic E-state index is 12.7. The van der Waals surface area contributed by atoms with Crippen LogP contribution in [-0.2, 0) is 22.5 Å². The molecule has 3 heterocycles. The lowest BCUT2D eigenvalue weighted by Crippen LogP contribution is -2.46. The highest BCUT2D eigenvalue weighted by atomic mass is 127. The molecule has 1 aromatic heterocycles. The first-order valence-electron chi connectivity index (χ1n) is 11.7. The van der Waals surface area contributed by atoms with Gasteiger partial charge < -0.3 is 20.3 Å². The summed E-state index contributed by atoms with van der Waals surface area (Å²) in [5.41, 5.74) is 1.31. The number of morpholine rings is 1. The molecule has 0 spiro atoms. The Bertz CT molecular complexity index is 721. The predicted molar refractivity (Wildman–Crippen MR) is 143 cm³/mol. The number of nitrogens with zero attached hydrogens (tertiary/aromatic N) is 3. The molecule has 0 aliphatic carbocycles. The fourth-order valence-electron chi connectivity index (χ4n) is 4.27. The van der Waals surface area contributed by atoms with Crippen LogP contribution in [0.25, 0.3) is 0 Å². The summed E-state index contributed by atoms with van der Waals surface area (Å²) in [6.45, 7) is 13.9. The Morgan fingerprint density at radius 3 is 2.75 bits per heavy atom. The zero-order valence-electron chi connectivity index (χ0n) is 19.8. The van der Waals surface area contributed by atoms with E-state index in [2.05, 4.69) is 47.8 Å². The van der Waals surface area contributed by atoms with Gasteiger partial charge in [0.25, 0.3) is 0 Å². The number of carbonyl (C=O) groups excluding carboxylic acids is 1. The molecule has 0 saturated carbocycles. The van der Waals surface area contributed by atoms with Gasteiger partial charge in [0, 0.05) is 56.6 Å². The van der Waals surface area contributed by atoms with Crippen molar-refractivity contribution in [3.63, 3.8) is 0 Å². The number of rotatable bonds is 9. The van der Waals surface area contributed by atoms with E-state index in [0.717, 1.165) is 71.3 Å². The monoisotopic (exact) mass is 577 g/mol. The Balaban J connectivity index is 0.00000363. The number of ether oxygens (including phenoxy) is 1. The van der Waals surface area contributed by atoms with Crippen LogP contribution in [0.2, 0.25) is 0 Å². The van der Waals surface area contributed by atoms with E-state index in [1.807, 2.05) is 4.90 Å². The summed E-state index contributed by atoms with van der Waals surface area (Å²) in [5.74, 6) is 1.65. The second kappa shape index (κ2) is 14.4. The smallest absolute Gasteiger partial charge is 0.224 e. The van der Waals surface area contributed by atoms with Crippen molar-refractivity contribution in [1.82, 2.24) is 20.4 Å². The lowest BCUT2D eigenvalue weighted by atomic mass is 10.0. The summed E-state index contributed by atoms with van der Waals surface area (Å²) in [4.78, 5) is 23.5. The molecule has 182 valence electrons. The van der Waals surface area contributed by atoms with Crippen LogP contribution >= 0.6 is 35.3 Å². The number of amides is 1. The van der Waals surface area contributed by atoms with E-state index in [1.54, 1.807) is 11.3 Å². The van der Waals surface area contributed by atoms with Crippen molar-refractivity contribution < 1.29 is 9.53 Å². The Labute approximate surface area is 214 Å². The first kappa shape index (κ1) is 27.3. The molecule has 0 radical (unpaired) electrons. The second-order valence-corrected chi connectivity index (χ2v) is 9.76. The number of nitrogens with one attached hydrogen (secondary N) is 2. The molecule has 1 unspecified atom stereocenters. The molecule has 1 aromatic rings. The zero-order chi connectivity index (χ0) is 22.1. The van der Waals surface area contributed by atoms with Crippen LogP contribution in [0.15, 0.2) is 16.4 Å². The van der Waals surface area contributed by atoms with E-state index in [1.165, 1.54) is 10.4 Å². The van der Waals surface area contributed by atoms with Crippen molar-refractivity contribution >= 4 is 47.2 Å². The first-order chi connectivity index (χ1) is 15.1. The number of aliphatic imine (C=N–C) groups is 1. The lowest BCUT2D eigenvalue weighted by molar-refractivity contribution is -0.131. The minimum atomic E-state index is 0. The van der Waals surface area contributed by atoms with Crippen LogP contribution in [-0.4, -0.2) is 80.2 Å². The largest absolute Gasteiger partial charge is 0.379 e. The molecule has 2 N–H and O–H groups in total. The third-order valence-corrected chi connectivity index (χ3v) is 6.92. The Morgan fingerprint density at radius 1 is 1.25 bits per heavy atom.